The molecule has 1 aromatic rings. The number of rotatable bonds is 7. The summed E-state index contributed by atoms with van der Waals surface area (Å²) >= 11 is 0. The summed E-state index contributed by atoms with van der Waals surface area (Å²) in [4.78, 5) is 0. The monoisotopic (exact) mass is 263 g/mol. The molecule has 0 heterocycles. The van der Waals surface area contributed by atoms with E-state index >= 15 is 0 Å². The Kier molecular flexibility index (Phi) is 6.53. The summed E-state index contributed by atoms with van der Waals surface area (Å²) in [6.45, 7) is 10.7. The van der Waals surface area contributed by atoms with Crippen LogP contribution in [0.25, 0.3) is 0 Å². The Labute approximate surface area is 118 Å². The molecule has 1 aromatic carbocycles. The fourth-order valence-electron chi connectivity index (χ4n) is 2.13. The van der Waals surface area contributed by atoms with Crippen molar-refractivity contribution in [1.82, 2.24) is 5.32 Å². The van der Waals surface area contributed by atoms with E-state index in [1.807, 2.05) is 0 Å². The molecule has 0 aliphatic rings. The largest absolute Gasteiger partial charge is 0.385 e. The Morgan fingerprint density at radius 2 is 1.79 bits per heavy atom. The molecule has 0 aromatic heterocycles. The lowest BCUT2D eigenvalue weighted by Crippen LogP contribution is -2.38. The summed E-state index contributed by atoms with van der Waals surface area (Å²) in [6, 6.07) is 8.93. The molecule has 2 nitrogen and oxygen atoms in total. The van der Waals surface area contributed by atoms with Crippen molar-refractivity contribution in [3.05, 3.63) is 35.4 Å². The third-order valence-electron chi connectivity index (χ3n) is 3.33. The molecule has 1 N–H and O–H groups in total. The van der Waals surface area contributed by atoms with Crippen LogP contribution in [0.4, 0.5) is 0 Å². The van der Waals surface area contributed by atoms with Gasteiger partial charge in [0, 0.05) is 25.8 Å². The van der Waals surface area contributed by atoms with Crippen molar-refractivity contribution in [3.63, 3.8) is 0 Å². The van der Waals surface area contributed by atoms with Gasteiger partial charge in [-0.2, -0.15) is 0 Å². The second-order valence-electron chi connectivity index (χ2n) is 6.37. The topological polar surface area (TPSA) is 21.3 Å². The van der Waals surface area contributed by atoms with Crippen LogP contribution in [0.1, 0.15) is 50.7 Å². The first-order valence-electron chi connectivity index (χ1n) is 7.23. The normalized spacial score (nSPS) is 13.5. The minimum atomic E-state index is 0.171. The molecular formula is C17H29NO. The predicted molar refractivity (Wildman–Crippen MR) is 82.8 cm³/mol. The van der Waals surface area contributed by atoms with Crippen LogP contribution in [0.5, 0.6) is 0 Å². The Hall–Kier alpha value is -0.860. The molecule has 0 fully saturated rings. The van der Waals surface area contributed by atoms with E-state index in [1.54, 1.807) is 7.11 Å². The molecular weight excluding hydrogens is 234 g/mol. The van der Waals surface area contributed by atoms with Gasteiger partial charge >= 0.3 is 0 Å². The van der Waals surface area contributed by atoms with Gasteiger partial charge in [0.1, 0.15) is 0 Å². The highest BCUT2D eigenvalue weighted by Gasteiger charge is 2.15. The van der Waals surface area contributed by atoms with Gasteiger partial charge in [-0.25, -0.2) is 0 Å². The second-order valence-corrected chi connectivity index (χ2v) is 6.37. The van der Waals surface area contributed by atoms with Crippen molar-refractivity contribution in [1.29, 1.82) is 0 Å². The number of methoxy groups -OCH3 is 1. The van der Waals surface area contributed by atoms with Gasteiger partial charge < -0.3 is 10.1 Å². The van der Waals surface area contributed by atoms with Crippen LogP contribution >= 0.6 is 0 Å². The summed E-state index contributed by atoms with van der Waals surface area (Å²) in [5.74, 6) is 0.565. The third-order valence-corrected chi connectivity index (χ3v) is 3.33. The summed E-state index contributed by atoms with van der Waals surface area (Å²) in [5, 5.41) is 3.62. The van der Waals surface area contributed by atoms with Gasteiger partial charge in [-0.15, -0.1) is 0 Å². The van der Waals surface area contributed by atoms with Crippen molar-refractivity contribution >= 4 is 0 Å². The Morgan fingerprint density at radius 3 is 2.32 bits per heavy atom. The average molecular weight is 263 g/mol. The molecule has 0 aliphatic heterocycles. The zero-order valence-corrected chi connectivity index (χ0v) is 13.1. The molecule has 0 saturated carbocycles. The van der Waals surface area contributed by atoms with Crippen LogP contribution in [0, 0.1) is 6.92 Å². The molecule has 1 rings (SSSR count). The molecule has 0 amide bonds. The summed E-state index contributed by atoms with van der Waals surface area (Å²) in [5.41, 5.74) is 2.92. The van der Waals surface area contributed by atoms with Gasteiger partial charge in [0.15, 0.2) is 0 Å². The first-order valence-corrected chi connectivity index (χ1v) is 7.23. The molecule has 0 bridgehead atoms. The number of nitrogens with one attached hydrogen (secondary N) is 1. The maximum absolute atomic E-state index is 5.17. The SMILES string of the molecule is COCCCC(CNC(C)(C)C)c1ccc(C)cc1. The van der Waals surface area contributed by atoms with Crippen LogP contribution in [-0.2, 0) is 4.74 Å². The number of hydrogen-bond acceptors (Lipinski definition) is 2. The van der Waals surface area contributed by atoms with Crippen LogP contribution in [-0.4, -0.2) is 25.8 Å². The standard InChI is InChI=1S/C17H29NO/c1-14-8-10-15(11-9-14)16(7-6-12-19-5)13-18-17(2,3)4/h8-11,16,18H,6-7,12-13H2,1-5H3. The van der Waals surface area contributed by atoms with E-state index in [2.05, 4.69) is 57.3 Å². The minimum Gasteiger partial charge on any atom is -0.385 e. The lowest BCUT2D eigenvalue weighted by molar-refractivity contribution is 0.189. The van der Waals surface area contributed by atoms with Gasteiger partial charge in [0.25, 0.3) is 0 Å². The zero-order valence-electron chi connectivity index (χ0n) is 13.1. The molecule has 0 radical (unpaired) electrons. The van der Waals surface area contributed by atoms with Crippen LogP contribution < -0.4 is 5.32 Å². The predicted octanol–water partition coefficient (Wildman–Crippen LogP) is 3.89. The number of benzene rings is 1. The second kappa shape index (κ2) is 7.66. The van der Waals surface area contributed by atoms with Crippen LogP contribution in [0.15, 0.2) is 24.3 Å². The third kappa shape index (κ3) is 6.74. The fraction of sp³-hybridized carbons (Fsp3) is 0.647. The molecule has 108 valence electrons. The maximum Gasteiger partial charge on any atom is 0.0462 e. The number of aryl methyl sites for hydroxylation is 1. The first kappa shape index (κ1) is 16.2. The van der Waals surface area contributed by atoms with Crippen molar-refractivity contribution in [2.45, 2.75) is 52.0 Å². The van der Waals surface area contributed by atoms with Gasteiger partial charge in [0.2, 0.25) is 0 Å². The van der Waals surface area contributed by atoms with E-state index in [1.165, 1.54) is 17.5 Å². The minimum absolute atomic E-state index is 0.171. The van der Waals surface area contributed by atoms with Crippen molar-refractivity contribution in [3.8, 4) is 0 Å². The maximum atomic E-state index is 5.17. The molecule has 1 atom stereocenters. The zero-order chi connectivity index (χ0) is 14.3. The molecule has 0 spiro atoms. The average Bonchev–Trinajstić information content (AvgIpc) is 2.34. The highest BCUT2D eigenvalue weighted by Crippen LogP contribution is 2.22. The van der Waals surface area contributed by atoms with E-state index in [9.17, 15) is 0 Å². The van der Waals surface area contributed by atoms with E-state index in [-0.39, 0.29) is 5.54 Å². The summed E-state index contributed by atoms with van der Waals surface area (Å²) in [7, 11) is 1.77. The van der Waals surface area contributed by atoms with Crippen molar-refractivity contribution < 1.29 is 4.74 Å². The molecule has 0 aliphatic carbocycles. The van der Waals surface area contributed by atoms with E-state index in [0.29, 0.717) is 5.92 Å². The summed E-state index contributed by atoms with van der Waals surface area (Å²) < 4.78 is 5.17. The highest BCUT2D eigenvalue weighted by atomic mass is 16.5. The summed E-state index contributed by atoms with van der Waals surface area (Å²) in [6.07, 6.45) is 2.28. The van der Waals surface area contributed by atoms with E-state index < -0.39 is 0 Å². The van der Waals surface area contributed by atoms with Crippen LogP contribution in [0.3, 0.4) is 0 Å². The lowest BCUT2D eigenvalue weighted by Gasteiger charge is -2.26. The smallest absolute Gasteiger partial charge is 0.0462 e. The molecule has 19 heavy (non-hydrogen) atoms. The van der Waals surface area contributed by atoms with Gasteiger partial charge in [-0.3, -0.25) is 0 Å². The quantitative estimate of drug-likeness (QED) is 0.753. The Balaban J connectivity index is 2.65. The molecule has 1 unspecified atom stereocenters. The van der Waals surface area contributed by atoms with E-state index in [0.717, 1.165) is 19.6 Å². The Bertz CT molecular complexity index is 351. The lowest BCUT2D eigenvalue weighted by atomic mass is 9.92. The molecule has 2 heteroatoms. The number of ether oxygens (including phenoxy) is 1. The van der Waals surface area contributed by atoms with Gasteiger partial charge in [0.05, 0.1) is 0 Å². The van der Waals surface area contributed by atoms with E-state index in [4.69, 9.17) is 4.74 Å². The van der Waals surface area contributed by atoms with Gasteiger partial charge in [-0.05, 0) is 52.0 Å². The number of hydrogen-bond donors (Lipinski definition) is 1. The fourth-order valence-corrected chi connectivity index (χ4v) is 2.13. The Morgan fingerprint density at radius 1 is 1.16 bits per heavy atom. The molecule has 0 saturated heterocycles. The van der Waals surface area contributed by atoms with Crippen LogP contribution in [0.2, 0.25) is 0 Å². The first-order chi connectivity index (χ1) is 8.92. The van der Waals surface area contributed by atoms with Crippen molar-refractivity contribution in [2.75, 3.05) is 20.3 Å². The van der Waals surface area contributed by atoms with Crippen molar-refractivity contribution in [2.24, 2.45) is 0 Å². The highest BCUT2D eigenvalue weighted by molar-refractivity contribution is 5.24. The van der Waals surface area contributed by atoms with Gasteiger partial charge in [-0.1, -0.05) is 29.8 Å².